The molecule has 2 nitrogen and oxygen atoms in total. The van der Waals surface area contributed by atoms with E-state index in [0.29, 0.717) is 23.0 Å². The van der Waals surface area contributed by atoms with Gasteiger partial charge in [0.15, 0.2) is 0 Å². The molecule has 0 saturated heterocycles. The third kappa shape index (κ3) is 3.83. The molecule has 0 saturated carbocycles. The van der Waals surface area contributed by atoms with Gasteiger partial charge in [0.1, 0.15) is 5.82 Å². The summed E-state index contributed by atoms with van der Waals surface area (Å²) in [5.74, 6) is -0.713. The molecule has 0 atom stereocenters. The fraction of sp³-hybridized carbons (Fsp3) is 0.182. The molecule has 1 rings (SSSR count). The van der Waals surface area contributed by atoms with E-state index in [1.807, 2.05) is 0 Å². The van der Waals surface area contributed by atoms with Gasteiger partial charge in [-0.05, 0) is 24.6 Å². The van der Waals surface area contributed by atoms with E-state index in [1.165, 1.54) is 12.1 Å². The number of hydrogen-bond acceptors (Lipinski definition) is 1. The molecule has 0 spiro atoms. The van der Waals surface area contributed by atoms with Crippen LogP contribution in [0, 0.1) is 5.82 Å². The Bertz CT molecular complexity index is 359. The Hall–Kier alpha value is -1.16. The molecule has 0 aliphatic rings. The van der Waals surface area contributed by atoms with Crippen LogP contribution in [0.3, 0.4) is 0 Å². The van der Waals surface area contributed by atoms with Gasteiger partial charge in [-0.3, -0.25) is 4.79 Å². The third-order valence-corrected chi connectivity index (χ3v) is 2.22. The van der Waals surface area contributed by atoms with E-state index in [4.69, 9.17) is 0 Å². The van der Waals surface area contributed by atoms with Crippen LogP contribution in [0.1, 0.15) is 16.8 Å². The van der Waals surface area contributed by atoms with Crippen LogP contribution in [0.5, 0.6) is 0 Å². The van der Waals surface area contributed by atoms with E-state index in [-0.39, 0.29) is 5.91 Å². The number of hydrogen-bond donors (Lipinski definition) is 1. The van der Waals surface area contributed by atoms with Crippen LogP contribution in [-0.4, -0.2) is 12.5 Å². The minimum absolute atomic E-state index is 0.281. The molecule has 0 aromatic heterocycles. The number of benzene rings is 1. The van der Waals surface area contributed by atoms with Crippen molar-refractivity contribution in [1.29, 1.82) is 0 Å². The zero-order chi connectivity index (χ0) is 11.3. The summed E-state index contributed by atoms with van der Waals surface area (Å²) in [6, 6.07) is 4.08. The molecule has 0 fully saturated rings. The zero-order valence-electron chi connectivity index (χ0n) is 8.09. The predicted octanol–water partition coefficient (Wildman–Crippen LogP) is 2.89. The average Bonchev–Trinajstić information content (AvgIpc) is 2.16. The summed E-state index contributed by atoms with van der Waals surface area (Å²) in [4.78, 5) is 11.5. The highest BCUT2D eigenvalue weighted by Crippen LogP contribution is 2.14. The molecule has 0 radical (unpaired) electrons. The number of carbonyl (C=O) groups is 1. The lowest BCUT2D eigenvalue weighted by molar-refractivity contribution is 0.0954. The molecular weight excluding hydrogens is 261 g/mol. The van der Waals surface area contributed by atoms with Crippen molar-refractivity contribution >= 4 is 21.8 Å². The van der Waals surface area contributed by atoms with Gasteiger partial charge in [0.2, 0.25) is 0 Å². The highest BCUT2D eigenvalue weighted by atomic mass is 79.9. The lowest BCUT2D eigenvalue weighted by atomic mass is 10.2. The molecule has 0 unspecified atom stereocenters. The van der Waals surface area contributed by atoms with Gasteiger partial charge in [0.05, 0.1) is 0 Å². The molecule has 1 aromatic carbocycles. The van der Waals surface area contributed by atoms with Crippen LogP contribution in [0.4, 0.5) is 4.39 Å². The molecule has 80 valence electrons. The monoisotopic (exact) mass is 271 g/mol. The molecule has 0 bridgehead atoms. The standard InChI is InChI=1S/C11H11BrFNO/c1-2-3-4-14-11(15)8-5-9(12)7-10(13)6-8/h2,5-7H,1,3-4H2,(H,14,15). The Balaban J connectivity index is 2.69. The molecule has 4 heteroatoms. The van der Waals surface area contributed by atoms with Crippen LogP contribution in [0.2, 0.25) is 0 Å². The molecule has 1 aromatic rings. The molecule has 0 aliphatic carbocycles. The Kier molecular flexibility index (Phi) is 4.49. The molecule has 1 amide bonds. The average molecular weight is 272 g/mol. The van der Waals surface area contributed by atoms with Gasteiger partial charge in [-0.2, -0.15) is 0 Å². The number of amides is 1. The summed E-state index contributed by atoms with van der Waals surface area (Å²) in [6.45, 7) is 4.05. The van der Waals surface area contributed by atoms with Gasteiger partial charge in [-0.25, -0.2) is 4.39 Å². The second-order valence-electron chi connectivity index (χ2n) is 2.99. The maximum atomic E-state index is 13.0. The van der Waals surface area contributed by atoms with E-state index in [1.54, 1.807) is 12.1 Å². The summed E-state index contributed by atoms with van der Waals surface area (Å²) >= 11 is 3.13. The first-order valence-electron chi connectivity index (χ1n) is 4.48. The van der Waals surface area contributed by atoms with Crippen molar-refractivity contribution in [2.75, 3.05) is 6.54 Å². The molecule has 1 N–H and O–H groups in total. The van der Waals surface area contributed by atoms with Crippen molar-refractivity contribution in [1.82, 2.24) is 5.32 Å². The smallest absolute Gasteiger partial charge is 0.251 e. The van der Waals surface area contributed by atoms with Crippen LogP contribution in [0.25, 0.3) is 0 Å². The topological polar surface area (TPSA) is 29.1 Å². The van der Waals surface area contributed by atoms with Crippen molar-refractivity contribution in [3.8, 4) is 0 Å². The van der Waals surface area contributed by atoms with E-state index < -0.39 is 5.82 Å². The lowest BCUT2D eigenvalue weighted by Crippen LogP contribution is -2.24. The Morgan fingerprint density at radius 1 is 1.53 bits per heavy atom. The van der Waals surface area contributed by atoms with E-state index in [9.17, 15) is 9.18 Å². The normalized spacial score (nSPS) is 9.73. The van der Waals surface area contributed by atoms with Crippen LogP contribution < -0.4 is 5.32 Å². The molecule has 15 heavy (non-hydrogen) atoms. The Morgan fingerprint density at radius 3 is 2.87 bits per heavy atom. The second kappa shape index (κ2) is 5.66. The summed E-state index contributed by atoms with van der Waals surface area (Å²) in [5, 5.41) is 2.66. The summed E-state index contributed by atoms with van der Waals surface area (Å²) in [5.41, 5.74) is 0.311. The number of nitrogens with one attached hydrogen (secondary N) is 1. The summed E-state index contributed by atoms with van der Waals surface area (Å²) in [7, 11) is 0. The molecule has 0 aliphatic heterocycles. The minimum Gasteiger partial charge on any atom is -0.352 e. The first-order chi connectivity index (χ1) is 7.13. The molecule has 0 heterocycles. The number of halogens is 2. The quantitative estimate of drug-likeness (QED) is 0.662. The lowest BCUT2D eigenvalue weighted by Gasteiger charge is -2.04. The van der Waals surface area contributed by atoms with E-state index >= 15 is 0 Å². The highest BCUT2D eigenvalue weighted by Gasteiger charge is 2.06. The van der Waals surface area contributed by atoms with E-state index in [2.05, 4.69) is 27.8 Å². The van der Waals surface area contributed by atoms with Gasteiger partial charge in [-0.15, -0.1) is 6.58 Å². The first kappa shape index (κ1) is 11.9. The van der Waals surface area contributed by atoms with Crippen molar-refractivity contribution in [3.63, 3.8) is 0 Å². The van der Waals surface area contributed by atoms with Crippen LogP contribution in [-0.2, 0) is 0 Å². The maximum Gasteiger partial charge on any atom is 0.251 e. The fourth-order valence-corrected chi connectivity index (χ4v) is 1.54. The maximum absolute atomic E-state index is 13.0. The van der Waals surface area contributed by atoms with Gasteiger partial charge >= 0.3 is 0 Å². The van der Waals surface area contributed by atoms with Gasteiger partial charge in [0, 0.05) is 16.6 Å². The SMILES string of the molecule is C=CCCNC(=O)c1cc(F)cc(Br)c1. The van der Waals surface area contributed by atoms with Crippen molar-refractivity contribution in [2.24, 2.45) is 0 Å². The van der Waals surface area contributed by atoms with E-state index in [0.717, 1.165) is 0 Å². The van der Waals surface area contributed by atoms with Crippen molar-refractivity contribution < 1.29 is 9.18 Å². The third-order valence-electron chi connectivity index (χ3n) is 1.76. The van der Waals surface area contributed by atoms with Gasteiger partial charge in [0.25, 0.3) is 5.91 Å². The first-order valence-corrected chi connectivity index (χ1v) is 5.28. The predicted molar refractivity (Wildman–Crippen MR) is 61.2 cm³/mol. The van der Waals surface area contributed by atoms with Gasteiger partial charge < -0.3 is 5.32 Å². The fourth-order valence-electron chi connectivity index (χ4n) is 1.07. The van der Waals surface area contributed by atoms with Crippen LogP contribution in [0.15, 0.2) is 35.3 Å². The highest BCUT2D eigenvalue weighted by molar-refractivity contribution is 9.10. The second-order valence-corrected chi connectivity index (χ2v) is 3.91. The van der Waals surface area contributed by atoms with Gasteiger partial charge in [-0.1, -0.05) is 22.0 Å². The minimum atomic E-state index is -0.432. The number of rotatable bonds is 4. The Morgan fingerprint density at radius 2 is 2.27 bits per heavy atom. The summed E-state index contributed by atoms with van der Waals surface area (Å²) in [6.07, 6.45) is 2.41. The van der Waals surface area contributed by atoms with Crippen LogP contribution >= 0.6 is 15.9 Å². The Labute approximate surface area is 96.3 Å². The largest absolute Gasteiger partial charge is 0.352 e. The summed E-state index contributed by atoms with van der Waals surface area (Å²) < 4.78 is 13.5. The van der Waals surface area contributed by atoms with Crippen molar-refractivity contribution in [2.45, 2.75) is 6.42 Å². The zero-order valence-corrected chi connectivity index (χ0v) is 9.68. The van der Waals surface area contributed by atoms with Crippen molar-refractivity contribution in [3.05, 3.63) is 46.7 Å². The molecular formula is C11H11BrFNO. The number of carbonyl (C=O) groups excluding carboxylic acids is 1.